The van der Waals surface area contributed by atoms with Gasteiger partial charge in [0.05, 0.1) is 0 Å². The zero-order chi connectivity index (χ0) is 7.66. The third kappa shape index (κ3) is 6.68. The van der Waals surface area contributed by atoms with Gasteiger partial charge in [0.25, 0.3) is 12.9 Å². The van der Waals surface area contributed by atoms with Crippen LogP contribution in [0, 0.1) is 0 Å². The molecule has 0 saturated carbocycles. The molecule has 0 radical (unpaired) electrons. The molecule has 0 aromatic carbocycles. The van der Waals surface area contributed by atoms with Gasteiger partial charge in [-0.3, -0.25) is 9.59 Å². The van der Waals surface area contributed by atoms with Crippen molar-refractivity contribution in [3.63, 3.8) is 0 Å². The summed E-state index contributed by atoms with van der Waals surface area (Å²) < 4.78 is 8.60. The van der Waals surface area contributed by atoms with Crippen molar-refractivity contribution < 1.29 is 19.1 Å². The van der Waals surface area contributed by atoms with E-state index in [4.69, 9.17) is 0 Å². The Morgan fingerprint density at radius 3 is 1.60 bits per heavy atom. The van der Waals surface area contributed by atoms with Crippen LogP contribution in [-0.2, 0) is 19.1 Å². The molecule has 0 heterocycles. The number of carbonyl (C=O) groups excluding carboxylic acids is 2. The van der Waals surface area contributed by atoms with Crippen molar-refractivity contribution in [2.24, 2.45) is 0 Å². The molecule has 0 aliphatic carbocycles. The Balaban J connectivity index is 3.03. The average molecular weight is 144 g/mol. The third-order valence-electron chi connectivity index (χ3n) is 0.688. The highest BCUT2D eigenvalue weighted by Gasteiger charge is 1.75. The van der Waals surface area contributed by atoms with E-state index in [9.17, 15) is 9.59 Å². The molecule has 10 heavy (non-hydrogen) atoms. The predicted molar refractivity (Wildman–Crippen MR) is 33.2 cm³/mol. The van der Waals surface area contributed by atoms with Gasteiger partial charge in [-0.25, -0.2) is 0 Å². The minimum absolute atomic E-state index is 0.214. The number of ether oxygens (including phenoxy) is 2. The first kappa shape index (κ1) is 8.68. The van der Waals surface area contributed by atoms with Crippen LogP contribution in [0.5, 0.6) is 0 Å². The van der Waals surface area contributed by atoms with Gasteiger partial charge in [-0.05, 0) is 12.2 Å². The lowest BCUT2D eigenvalue weighted by atomic mass is 10.5. The molecule has 0 aliphatic heterocycles. The van der Waals surface area contributed by atoms with Crippen molar-refractivity contribution in [1.29, 1.82) is 0 Å². The third-order valence-corrected chi connectivity index (χ3v) is 0.688. The van der Waals surface area contributed by atoms with Crippen molar-refractivity contribution in [3.8, 4) is 0 Å². The molecule has 0 spiro atoms. The highest BCUT2D eigenvalue weighted by molar-refractivity contribution is 5.37. The van der Waals surface area contributed by atoms with Crippen molar-refractivity contribution in [1.82, 2.24) is 0 Å². The van der Waals surface area contributed by atoms with Crippen LogP contribution in [0.1, 0.15) is 0 Å². The maximum atomic E-state index is 9.55. The number of carbonyl (C=O) groups is 2. The standard InChI is InChI=1S/C6H8O4/c7-5-9-3-1-2-4-10-6-8/h1-2,5-6H,3-4H2/b2-1+. The van der Waals surface area contributed by atoms with E-state index in [0.29, 0.717) is 12.9 Å². The summed E-state index contributed by atoms with van der Waals surface area (Å²) >= 11 is 0. The van der Waals surface area contributed by atoms with E-state index in [-0.39, 0.29) is 13.2 Å². The van der Waals surface area contributed by atoms with E-state index >= 15 is 0 Å². The van der Waals surface area contributed by atoms with Gasteiger partial charge in [0, 0.05) is 0 Å². The topological polar surface area (TPSA) is 52.6 Å². The number of hydrogen-bond acceptors (Lipinski definition) is 4. The molecular weight excluding hydrogens is 136 g/mol. The summed E-state index contributed by atoms with van der Waals surface area (Å²) in [7, 11) is 0. The summed E-state index contributed by atoms with van der Waals surface area (Å²) in [5, 5.41) is 0. The normalized spacial score (nSPS) is 9.20. The summed E-state index contributed by atoms with van der Waals surface area (Å²) in [6.45, 7) is 1.13. The van der Waals surface area contributed by atoms with E-state index in [2.05, 4.69) is 9.47 Å². The van der Waals surface area contributed by atoms with Crippen molar-refractivity contribution in [3.05, 3.63) is 12.2 Å². The van der Waals surface area contributed by atoms with Crippen molar-refractivity contribution in [2.45, 2.75) is 0 Å². The number of rotatable bonds is 6. The molecule has 0 fully saturated rings. The van der Waals surface area contributed by atoms with Gasteiger partial charge < -0.3 is 9.47 Å². The Labute approximate surface area is 58.4 Å². The first-order valence-electron chi connectivity index (χ1n) is 2.67. The summed E-state index contributed by atoms with van der Waals surface area (Å²) in [6.07, 6.45) is 3.16. The van der Waals surface area contributed by atoms with Crippen LogP contribution in [0.2, 0.25) is 0 Å². The molecule has 0 rings (SSSR count). The molecule has 0 aromatic heterocycles. The molecule has 0 unspecified atom stereocenters. The fourth-order valence-corrected chi connectivity index (χ4v) is 0.326. The lowest BCUT2D eigenvalue weighted by Crippen LogP contribution is -1.89. The van der Waals surface area contributed by atoms with E-state index in [1.165, 1.54) is 0 Å². The summed E-state index contributed by atoms with van der Waals surface area (Å²) in [5.41, 5.74) is 0. The average Bonchev–Trinajstić information content (AvgIpc) is 1.97. The van der Waals surface area contributed by atoms with Gasteiger partial charge >= 0.3 is 0 Å². The molecule has 0 aromatic rings. The molecule has 4 heteroatoms. The zero-order valence-corrected chi connectivity index (χ0v) is 5.36. The minimum atomic E-state index is 0.214. The Morgan fingerprint density at radius 2 is 1.30 bits per heavy atom. The van der Waals surface area contributed by atoms with Gasteiger partial charge in [-0.15, -0.1) is 0 Å². The molecule has 0 bridgehead atoms. The Hall–Kier alpha value is -1.32. The Bertz CT molecular complexity index is 105. The SMILES string of the molecule is O=COC/C=C/COC=O. The van der Waals surface area contributed by atoms with Crippen molar-refractivity contribution in [2.75, 3.05) is 13.2 Å². The quantitative estimate of drug-likeness (QED) is 0.296. The maximum absolute atomic E-state index is 9.55. The van der Waals surface area contributed by atoms with Crippen LogP contribution in [0.15, 0.2) is 12.2 Å². The van der Waals surface area contributed by atoms with E-state index in [1.807, 2.05) is 0 Å². The van der Waals surface area contributed by atoms with Gasteiger partial charge in [-0.2, -0.15) is 0 Å². The number of hydrogen-bond donors (Lipinski definition) is 0. The lowest BCUT2D eigenvalue weighted by Gasteiger charge is -1.89. The first-order chi connectivity index (χ1) is 4.91. The fraction of sp³-hybridized carbons (Fsp3) is 0.333. The van der Waals surface area contributed by atoms with Gasteiger partial charge in [0.1, 0.15) is 13.2 Å². The second-order valence-corrected chi connectivity index (χ2v) is 1.33. The second-order valence-electron chi connectivity index (χ2n) is 1.33. The zero-order valence-electron chi connectivity index (χ0n) is 5.36. The summed E-state index contributed by atoms with van der Waals surface area (Å²) in [4.78, 5) is 19.1. The van der Waals surface area contributed by atoms with E-state index < -0.39 is 0 Å². The molecule has 4 nitrogen and oxygen atoms in total. The van der Waals surface area contributed by atoms with E-state index in [0.717, 1.165) is 0 Å². The minimum Gasteiger partial charge on any atom is -0.464 e. The first-order valence-corrected chi connectivity index (χ1v) is 2.67. The van der Waals surface area contributed by atoms with Crippen LogP contribution < -0.4 is 0 Å². The van der Waals surface area contributed by atoms with Gasteiger partial charge in [0.2, 0.25) is 0 Å². The lowest BCUT2D eigenvalue weighted by molar-refractivity contribution is -0.128. The van der Waals surface area contributed by atoms with Gasteiger partial charge in [0.15, 0.2) is 0 Å². The Morgan fingerprint density at radius 1 is 0.900 bits per heavy atom. The molecule has 0 N–H and O–H groups in total. The maximum Gasteiger partial charge on any atom is 0.293 e. The molecule has 56 valence electrons. The highest BCUT2D eigenvalue weighted by atomic mass is 16.5. The molecule has 0 atom stereocenters. The fourth-order valence-electron chi connectivity index (χ4n) is 0.326. The van der Waals surface area contributed by atoms with Crippen LogP contribution in [0.4, 0.5) is 0 Å². The van der Waals surface area contributed by atoms with Crippen LogP contribution in [0.3, 0.4) is 0 Å². The summed E-state index contributed by atoms with van der Waals surface area (Å²) in [6, 6.07) is 0. The van der Waals surface area contributed by atoms with Crippen LogP contribution >= 0.6 is 0 Å². The van der Waals surface area contributed by atoms with Crippen molar-refractivity contribution >= 4 is 12.9 Å². The predicted octanol–water partition coefficient (Wildman–Crippen LogP) is -0.111. The molecular formula is C6H8O4. The van der Waals surface area contributed by atoms with Crippen LogP contribution in [0.25, 0.3) is 0 Å². The molecule has 0 saturated heterocycles. The smallest absolute Gasteiger partial charge is 0.293 e. The highest BCUT2D eigenvalue weighted by Crippen LogP contribution is 1.75. The largest absolute Gasteiger partial charge is 0.464 e. The van der Waals surface area contributed by atoms with Crippen LogP contribution in [-0.4, -0.2) is 26.2 Å². The Kier molecular flexibility index (Phi) is 6.67. The molecule has 0 amide bonds. The second kappa shape index (κ2) is 7.68. The summed E-state index contributed by atoms with van der Waals surface area (Å²) in [5.74, 6) is 0. The monoisotopic (exact) mass is 144 g/mol. The molecule has 0 aliphatic rings. The van der Waals surface area contributed by atoms with E-state index in [1.54, 1.807) is 12.2 Å². The van der Waals surface area contributed by atoms with Gasteiger partial charge in [-0.1, -0.05) is 0 Å².